The van der Waals surface area contributed by atoms with E-state index < -0.39 is 0 Å². The monoisotopic (exact) mass is 405 g/mol. The zero-order valence-electron chi connectivity index (χ0n) is 16.3. The molecule has 148 valence electrons. The number of H-pyrrole nitrogens is 1. The Morgan fingerprint density at radius 3 is 2.72 bits per heavy atom. The van der Waals surface area contributed by atoms with Crippen LogP contribution in [0.1, 0.15) is 18.4 Å². The minimum absolute atomic E-state index is 0.0503. The van der Waals surface area contributed by atoms with Crippen LogP contribution in [0.3, 0.4) is 0 Å². The second kappa shape index (κ2) is 7.60. The lowest BCUT2D eigenvalue weighted by molar-refractivity contribution is -0.134. The molecule has 1 fully saturated rings. The Kier molecular flexibility index (Phi) is 4.80. The Labute approximate surface area is 175 Å². The van der Waals surface area contributed by atoms with Crippen LogP contribution in [-0.2, 0) is 4.79 Å². The molecule has 3 aromatic rings. The smallest absolute Gasteiger partial charge is 0.227 e. The summed E-state index contributed by atoms with van der Waals surface area (Å²) in [7, 11) is 0. The molecule has 5 rings (SSSR count). The minimum Gasteiger partial charge on any atom is -0.370 e. The largest absolute Gasteiger partial charge is 0.370 e. The van der Waals surface area contributed by atoms with Gasteiger partial charge in [-0.2, -0.15) is 0 Å². The highest BCUT2D eigenvalue weighted by Crippen LogP contribution is 2.32. The van der Waals surface area contributed by atoms with Gasteiger partial charge in [0.2, 0.25) is 5.91 Å². The quantitative estimate of drug-likeness (QED) is 0.668. The maximum absolute atomic E-state index is 13.1. The topological polar surface area (TPSA) is 39.3 Å². The molecule has 1 aromatic heterocycles. The molecular formula is C24H24ClN3O. The van der Waals surface area contributed by atoms with Crippen molar-refractivity contribution >= 4 is 39.7 Å². The number of rotatable bonds is 3. The van der Waals surface area contributed by atoms with Crippen LogP contribution in [-0.4, -0.2) is 42.0 Å². The SMILES string of the molecule is O=C(C1CCN(c2ccccc2Cl)C1)N1CC=C(c2c[nH]c3ccccc23)CC1. The van der Waals surface area contributed by atoms with Gasteiger partial charge in [0.15, 0.2) is 0 Å². The summed E-state index contributed by atoms with van der Waals surface area (Å²) in [5, 5.41) is 2.01. The number of hydrogen-bond acceptors (Lipinski definition) is 2. The van der Waals surface area contributed by atoms with E-state index in [2.05, 4.69) is 40.4 Å². The lowest BCUT2D eigenvalue weighted by atomic mass is 9.98. The van der Waals surface area contributed by atoms with Gasteiger partial charge in [0.25, 0.3) is 0 Å². The molecule has 29 heavy (non-hydrogen) atoms. The molecule has 1 N–H and O–H groups in total. The Bertz CT molecular complexity index is 1090. The normalized spacial score (nSPS) is 19.6. The van der Waals surface area contributed by atoms with Gasteiger partial charge in [0.1, 0.15) is 0 Å². The van der Waals surface area contributed by atoms with Crippen LogP contribution in [0.2, 0.25) is 5.02 Å². The van der Waals surface area contributed by atoms with Crippen LogP contribution in [0.25, 0.3) is 16.5 Å². The molecule has 0 radical (unpaired) electrons. The number of nitrogens with one attached hydrogen (secondary N) is 1. The van der Waals surface area contributed by atoms with Gasteiger partial charge in [0.05, 0.1) is 16.6 Å². The Morgan fingerprint density at radius 2 is 1.90 bits per heavy atom. The number of carbonyl (C=O) groups is 1. The molecular weight excluding hydrogens is 382 g/mol. The fraction of sp³-hybridized carbons (Fsp3) is 0.292. The van der Waals surface area contributed by atoms with Crippen molar-refractivity contribution in [2.75, 3.05) is 31.1 Å². The molecule has 2 aliphatic rings. The van der Waals surface area contributed by atoms with E-state index in [1.807, 2.05) is 35.2 Å². The summed E-state index contributed by atoms with van der Waals surface area (Å²) in [6.45, 7) is 3.10. The lowest BCUT2D eigenvalue weighted by Crippen LogP contribution is -2.39. The average molecular weight is 406 g/mol. The van der Waals surface area contributed by atoms with Gasteiger partial charge >= 0.3 is 0 Å². The highest BCUT2D eigenvalue weighted by atomic mass is 35.5. The van der Waals surface area contributed by atoms with E-state index in [1.54, 1.807) is 0 Å². The van der Waals surface area contributed by atoms with Crippen molar-refractivity contribution in [3.8, 4) is 0 Å². The van der Waals surface area contributed by atoms with Gasteiger partial charge in [-0.25, -0.2) is 0 Å². The molecule has 1 amide bonds. The molecule has 0 saturated carbocycles. The number of fused-ring (bicyclic) bond motifs is 1. The number of amides is 1. The molecule has 0 aliphatic carbocycles. The van der Waals surface area contributed by atoms with Crippen molar-refractivity contribution < 1.29 is 4.79 Å². The molecule has 0 bridgehead atoms. The van der Waals surface area contributed by atoms with Crippen LogP contribution in [0, 0.1) is 5.92 Å². The molecule has 1 saturated heterocycles. The number of nitrogens with zero attached hydrogens (tertiary/aromatic N) is 2. The van der Waals surface area contributed by atoms with E-state index in [1.165, 1.54) is 16.5 Å². The van der Waals surface area contributed by atoms with Crippen molar-refractivity contribution in [3.05, 3.63) is 71.4 Å². The standard InChI is InChI=1S/C24H24ClN3O/c25-21-6-2-4-8-23(21)28-14-11-18(16-28)24(29)27-12-9-17(10-13-27)20-15-26-22-7-3-1-5-19(20)22/h1-9,15,18,26H,10-14,16H2. The van der Waals surface area contributed by atoms with Gasteiger partial charge in [-0.05, 0) is 36.6 Å². The summed E-state index contributed by atoms with van der Waals surface area (Å²) in [6, 6.07) is 16.3. The second-order valence-electron chi connectivity index (χ2n) is 7.89. The van der Waals surface area contributed by atoms with Crippen molar-refractivity contribution in [2.24, 2.45) is 5.92 Å². The predicted molar refractivity (Wildman–Crippen MR) is 119 cm³/mol. The predicted octanol–water partition coefficient (Wildman–Crippen LogP) is 4.96. The number of hydrogen-bond donors (Lipinski definition) is 1. The van der Waals surface area contributed by atoms with Crippen LogP contribution >= 0.6 is 11.6 Å². The highest BCUT2D eigenvalue weighted by Gasteiger charge is 2.32. The van der Waals surface area contributed by atoms with Crippen LogP contribution in [0.15, 0.2) is 60.8 Å². The van der Waals surface area contributed by atoms with Gasteiger partial charge in [-0.15, -0.1) is 0 Å². The zero-order chi connectivity index (χ0) is 19.8. The third kappa shape index (κ3) is 3.42. The average Bonchev–Trinajstić information content (AvgIpc) is 3.41. The molecule has 2 aromatic carbocycles. The number of para-hydroxylation sites is 2. The first-order chi connectivity index (χ1) is 14.2. The number of aromatic amines is 1. The first-order valence-electron chi connectivity index (χ1n) is 10.2. The molecule has 1 atom stereocenters. The van der Waals surface area contributed by atoms with E-state index >= 15 is 0 Å². The molecule has 1 unspecified atom stereocenters. The maximum Gasteiger partial charge on any atom is 0.227 e. The number of aromatic nitrogens is 1. The third-order valence-electron chi connectivity index (χ3n) is 6.19. The van der Waals surface area contributed by atoms with E-state index in [9.17, 15) is 4.79 Å². The zero-order valence-corrected chi connectivity index (χ0v) is 17.0. The van der Waals surface area contributed by atoms with Gasteiger partial charge in [-0.3, -0.25) is 4.79 Å². The summed E-state index contributed by atoms with van der Waals surface area (Å²) in [5.41, 5.74) is 4.78. The molecule has 2 aliphatic heterocycles. The molecule has 4 nitrogen and oxygen atoms in total. The highest BCUT2D eigenvalue weighted by molar-refractivity contribution is 6.33. The first kappa shape index (κ1) is 18.3. The Hall–Kier alpha value is -2.72. The summed E-state index contributed by atoms with van der Waals surface area (Å²) < 4.78 is 0. The van der Waals surface area contributed by atoms with Crippen molar-refractivity contribution in [1.29, 1.82) is 0 Å². The molecule has 5 heteroatoms. The van der Waals surface area contributed by atoms with Crippen LogP contribution in [0.5, 0.6) is 0 Å². The first-order valence-corrected chi connectivity index (χ1v) is 10.6. The number of anilines is 1. The number of carbonyl (C=O) groups excluding carboxylic acids is 1. The number of halogens is 1. The third-order valence-corrected chi connectivity index (χ3v) is 6.51. The van der Waals surface area contributed by atoms with Gasteiger partial charge < -0.3 is 14.8 Å². The van der Waals surface area contributed by atoms with Gasteiger partial charge in [-0.1, -0.05) is 48.0 Å². The lowest BCUT2D eigenvalue weighted by Gasteiger charge is -2.29. The van der Waals surface area contributed by atoms with E-state index in [4.69, 9.17) is 11.6 Å². The Balaban J connectivity index is 1.26. The second-order valence-corrected chi connectivity index (χ2v) is 8.30. The van der Waals surface area contributed by atoms with E-state index in [0.29, 0.717) is 6.54 Å². The molecule has 0 spiro atoms. The summed E-state index contributed by atoms with van der Waals surface area (Å²) in [5.74, 6) is 0.322. The van der Waals surface area contributed by atoms with Crippen molar-refractivity contribution in [2.45, 2.75) is 12.8 Å². The minimum atomic E-state index is 0.0503. The van der Waals surface area contributed by atoms with Gasteiger partial charge in [0, 0.05) is 48.8 Å². The van der Waals surface area contributed by atoms with Crippen molar-refractivity contribution in [1.82, 2.24) is 9.88 Å². The molecule has 3 heterocycles. The summed E-state index contributed by atoms with van der Waals surface area (Å²) >= 11 is 6.34. The maximum atomic E-state index is 13.1. The van der Waals surface area contributed by atoms with Crippen molar-refractivity contribution in [3.63, 3.8) is 0 Å². The van der Waals surface area contributed by atoms with Crippen LogP contribution in [0.4, 0.5) is 5.69 Å². The summed E-state index contributed by atoms with van der Waals surface area (Å²) in [4.78, 5) is 20.7. The van der Waals surface area contributed by atoms with E-state index in [-0.39, 0.29) is 11.8 Å². The number of benzene rings is 2. The fourth-order valence-electron chi connectivity index (χ4n) is 4.60. The fourth-order valence-corrected chi connectivity index (χ4v) is 4.85. The van der Waals surface area contributed by atoms with Crippen LogP contribution < -0.4 is 4.90 Å². The van der Waals surface area contributed by atoms with E-state index in [0.717, 1.165) is 48.7 Å². The summed E-state index contributed by atoms with van der Waals surface area (Å²) in [6.07, 6.45) is 6.10. The Morgan fingerprint density at radius 1 is 1.07 bits per heavy atom.